The number of sulfonamides is 1. The SMILES string of the molecule is O=S(=O)(Cc1ccc(F)cc1)NCC1(O)CCCNC1. The van der Waals surface area contributed by atoms with Crippen LogP contribution in [0.4, 0.5) is 4.39 Å². The second kappa shape index (κ2) is 6.17. The molecule has 3 N–H and O–H groups in total. The van der Waals surface area contributed by atoms with Crippen molar-refractivity contribution >= 4 is 10.0 Å². The first kappa shape index (κ1) is 15.4. The van der Waals surface area contributed by atoms with Crippen LogP contribution >= 0.6 is 0 Å². The Balaban J connectivity index is 1.92. The molecule has 112 valence electrons. The van der Waals surface area contributed by atoms with Crippen molar-refractivity contribution in [3.63, 3.8) is 0 Å². The van der Waals surface area contributed by atoms with Gasteiger partial charge in [-0.3, -0.25) is 0 Å². The van der Waals surface area contributed by atoms with Crippen LogP contribution in [-0.4, -0.2) is 38.8 Å². The number of rotatable bonds is 5. The fourth-order valence-corrected chi connectivity index (χ4v) is 3.42. The van der Waals surface area contributed by atoms with Crippen LogP contribution in [0.1, 0.15) is 18.4 Å². The molecule has 20 heavy (non-hydrogen) atoms. The maximum Gasteiger partial charge on any atom is 0.215 e. The highest BCUT2D eigenvalue weighted by atomic mass is 32.2. The quantitative estimate of drug-likeness (QED) is 0.734. The first-order valence-electron chi connectivity index (χ1n) is 6.53. The molecule has 5 nitrogen and oxygen atoms in total. The van der Waals surface area contributed by atoms with Crippen molar-refractivity contribution in [2.24, 2.45) is 0 Å². The van der Waals surface area contributed by atoms with Gasteiger partial charge in [0.1, 0.15) is 5.82 Å². The molecule has 1 aliphatic rings. The zero-order valence-corrected chi connectivity index (χ0v) is 11.9. The van der Waals surface area contributed by atoms with E-state index in [1.807, 2.05) is 0 Å². The van der Waals surface area contributed by atoms with Gasteiger partial charge in [-0.25, -0.2) is 17.5 Å². The molecule has 1 unspecified atom stereocenters. The number of aliphatic hydroxyl groups is 1. The van der Waals surface area contributed by atoms with Gasteiger partial charge in [0.25, 0.3) is 0 Å². The van der Waals surface area contributed by atoms with Crippen molar-refractivity contribution in [1.82, 2.24) is 10.0 Å². The Hall–Kier alpha value is -1.02. The number of hydrogen-bond donors (Lipinski definition) is 3. The second-order valence-electron chi connectivity index (χ2n) is 5.21. The molecule has 0 spiro atoms. The van der Waals surface area contributed by atoms with Crippen molar-refractivity contribution in [3.05, 3.63) is 35.6 Å². The highest BCUT2D eigenvalue weighted by Gasteiger charge is 2.30. The van der Waals surface area contributed by atoms with Gasteiger partial charge in [-0.05, 0) is 37.1 Å². The number of hydrogen-bond acceptors (Lipinski definition) is 4. The van der Waals surface area contributed by atoms with E-state index in [9.17, 15) is 17.9 Å². The van der Waals surface area contributed by atoms with Gasteiger partial charge >= 0.3 is 0 Å². The number of piperidine rings is 1. The second-order valence-corrected chi connectivity index (χ2v) is 7.02. The van der Waals surface area contributed by atoms with Crippen LogP contribution in [0.15, 0.2) is 24.3 Å². The van der Waals surface area contributed by atoms with Crippen LogP contribution in [0, 0.1) is 5.82 Å². The summed E-state index contributed by atoms with van der Waals surface area (Å²) >= 11 is 0. The zero-order valence-electron chi connectivity index (χ0n) is 11.1. The van der Waals surface area contributed by atoms with Crippen molar-refractivity contribution in [1.29, 1.82) is 0 Å². The van der Waals surface area contributed by atoms with Gasteiger partial charge in [-0.15, -0.1) is 0 Å². The van der Waals surface area contributed by atoms with Gasteiger partial charge in [0.15, 0.2) is 0 Å². The van der Waals surface area contributed by atoms with E-state index in [1.54, 1.807) is 0 Å². The van der Waals surface area contributed by atoms with Gasteiger partial charge in [0.05, 0.1) is 11.4 Å². The first-order valence-corrected chi connectivity index (χ1v) is 8.19. The van der Waals surface area contributed by atoms with Crippen molar-refractivity contribution in [2.45, 2.75) is 24.2 Å². The fraction of sp³-hybridized carbons (Fsp3) is 0.538. The Morgan fingerprint density at radius 3 is 2.65 bits per heavy atom. The van der Waals surface area contributed by atoms with Gasteiger partial charge in [-0.1, -0.05) is 12.1 Å². The summed E-state index contributed by atoms with van der Waals surface area (Å²) in [6.45, 7) is 1.21. The average Bonchev–Trinajstić information content (AvgIpc) is 2.40. The van der Waals surface area contributed by atoms with E-state index in [2.05, 4.69) is 10.0 Å². The minimum absolute atomic E-state index is 0.0104. The standard InChI is InChI=1S/C13H19FN2O3S/c14-12-4-2-11(3-5-12)8-20(18,19)16-10-13(17)6-1-7-15-9-13/h2-5,15-17H,1,6-10H2. The third-order valence-electron chi connectivity index (χ3n) is 3.34. The van der Waals surface area contributed by atoms with Gasteiger partial charge in [-0.2, -0.15) is 0 Å². The Labute approximate surface area is 118 Å². The Morgan fingerprint density at radius 1 is 1.35 bits per heavy atom. The molecule has 1 fully saturated rings. The van der Waals surface area contributed by atoms with E-state index in [0.29, 0.717) is 18.5 Å². The predicted octanol–water partition coefficient (Wildman–Crippen LogP) is 0.360. The van der Waals surface area contributed by atoms with Crippen molar-refractivity contribution in [2.75, 3.05) is 19.6 Å². The molecule has 0 saturated carbocycles. The smallest absolute Gasteiger partial charge is 0.215 e. The van der Waals surface area contributed by atoms with Crippen LogP contribution in [0.3, 0.4) is 0 Å². The summed E-state index contributed by atoms with van der Waals surface area (Å²) in [5.41, 5.74) is -0.527. The van der Waals surface area contributed by atoms with Crippen LogP contribution < -0.4 is 10.0 Å². The summed E-state index contributed by atoms with van der Waals surface area (Å²) in [6, 6.07) is 5.32. The molecule has 0 aliphatic carbocycles. The molecule has 2 rings (SSSR count). The maximum atomic E-state index is 12.8. The molecule has 0 aromatic heterocycles. The molecule has 0 radical (unpaired) electrons. The fourth-order valence-electron chi connectivity index (χ4n) is 2.20. The average molecular weight is 302 g/mol. The highest BCUT2D eigenvalue weighted by molar-refractivity contribution is 7.88. The minimum atomic E-state index is -3.55. The largest absolute Gasteiger partial charge is 0.387 e. The molecule has 0 bridgehead atoms. The van der Waals surface area contributed by atoms with Crippen LogP contribution in [0.2, 0.25) is 0 Å². The Kier molecular flexibility index (Phi) is 4.74. The van der Waals surface area contributed by atoms with E-state index < -0.39 is 21.4 Å². The van der Waals surface area contributed by atoms with Gasteiger partial charge in [0.2, 0.25) is 10.0 Å². The lowest BCUT2D eigenvalue weighted by molar-refractivity contribution is 0.0218. The summed E-state index contributed by atoms with van der Waals surface area (Å²) in [7, 11) is -3.55. The number of halogens is 1. The van der Waals surface area contributed by atoms with Crippen LogP contribution in [-0.2, 0) is 15.8 Å². The van der Waals surface area contributed by atoms with E-state index >= 15 is 0 Å². The molecule has 0 amide bonds. The number of β-amino-alcohol motifs (C(OH)–C–C–N with tert-alkyl or cyclic N) is 1. The van der Waals surface area contributed by atoms with Crippen LogP contribution in [0.5, 0.6) is 0 Å². The van der Waals surface area contributed by atoms with Crippen molar-refractivity contribution in [3.8, 4) is 0 Å². The third-order valence-corrected chi connectivity index (χ3v) is 4.64. The first-order chi connectivity index (χ1) is 9.39. The summed E-state index contributed by atoms with van der Waals surface area (Å²) < 4.78 is 39.0. The summed E-state index contributed by atoms with van der Waals surface area (Å²) in [5.74, 6) is -0.627. The zero-order chi connectivity index (χ0) is 14.6. The Bertz CT molecular complexity index is 539. The van der Waals surface area contributed by atoms with E-state index in [1.165, 1.54) is 24.3 Å². The molecule has 7 heteroatoms. The summed E-state index contributed by atoms with van der Waals surface area (Å²) in [6.07, 6.45) is 1.38. The molecule has 1 aliphatic heterocycles. The molecular weight excluding hydrogens is 283 g/mol. The van der Waals surface area contributed by atoms with Crippen molar-refractivity contribution < 1.29 is 17.9 Å². The normalized spacial score (nSPS) is 23.7. The summed E-state index contributed by atoms with van der Waals surface area (Å²) in [4.78, 5) is 0. The predicted molar refractivity (Wildman–Crippen MR) is 74.1 cm³/mol. The van der Waals surface area contributed by atoms with Gasteiger partial charge in [0, 0.05) is 13.1 Å². The molecule has 1 aromatic carbocycles. The topological polar surface area (TPSA) is 78.4 Å². The van der Waals surface area contributed by atoms with E-state index in [0.717, 1.165) is 13.0 Å². The molecule has 1 aromatic rings. The third kappa shape index (κ3) is 4.52. The maximum absolute atomic E-state index is 12.8. The van der Waals surface area contributed by atoms with Gasteiger partial charge < -0.3 is 10.4 Å². The van der Waals surface area contributed by atoms with E-state index in [4.69, 9.17) is 0 Å². The highest BCUT2D eigenvalue weighted by Crippen LogP contribution is 2.15. The number of nitrogens with one attached hydrogen (secondary N) is 2. The monoisotopic (exact) mass is 302 g/mol. The molecule has 1 heterocycles. The lowest BCUT2D eigenvalue weighted by atomic mass is 9.95. The summed E-state index contributed by atoms with van der Waals surface area (Å²) in [5, 5.41) is 13.2. The Morgan fingerprint density at radius 2 is 2.05 bits per heavy atom. The lowest BCUT2D eigenvalue weighted by Crippen LogP contribution is -2.52. The molecule has 1 atom stereocenters. The molecular formula is C13H19FN2O3S. The minimum Gasteiger partial charge on any atom is -0.387 e. The van der Waals surface area contributed by atoms with E-state index in [-0.39, 0.29) is 12.3 Å². The van der Waals surface area contributed by atoms with Crippen LogP contribution in [0.25, 0.3) is 0 Å². The lowest BCUT2D eigenvalue weighted by Gasteiger charge is -2.32. The number of benzene rings is 1. The molecule has 1 saturated heterocycles.